The third-order valence-corrected chi connectivity index (χ3v) is 7.80. The molecule has 2 aromatic rings. The zero-order chi connectivity index (χ0) is 26.7. The number of β-lactam (4-membered cyclic amide) rings is 1. The molecule has 0 spiro atoms. The molecule has 1 fully saturated rings. The number of nitrogens with zero attached hydrogens (tertiary/aromatic N) is 3. The second-order valence-electron chi connectivity index (χ2n) is 7.94. The first kappa shape index (κ1) is 26.2. The summed E-state index contributed by atoms with van der Waals surface area (Å²) in [6, 6.07) is 4.31. The molecule has 1 aromatic heterocycles. The normalized spacial score (nSPS) is 19.5. The van der Waals surface area contributed by atoms with Crippen molar-refractivity contribution in [3.8, 4) is 0 Å². The van der Waals surface area contributed by atoms with Crippen LogP contribution in [0.4, 0.5) is 5.69 Å². The number of thioether (sulfide) groups is 2. The van der Waals surface area contributed by atoms with Gasteiger partial charge in [0.15, 0.2) is 0 Å². The molecule has 0 aliphatic carbocycles. The molecule has 4 rings (SSSR count). The summed E-state index contributed by atoms with van der Waals surface area (Å²) in [5.41, 5.74) is 7.35. The Morgan fingerprint density at radius 1 is 1.30 bits per heavy atom. The Hall–Kier alpha value is -3.89. The Kier molecular flexibility index (Phi) is 7.80. The lowest BCUT2D eigenvalue weighted by atomic mass is 10.0. The fraction of sp³-hybridized carbons (Fsp3) is 0.286. The van der Waals surface area contributed by atoms with Gasteiger partial charge in [0.2, 0.25) is 17.5 Å². The van der Waals surface area contributed by atoms with Crippen molar-refractivity contribution < 1.29 is 34.2 Å². The summed E-state index contributed by atoms with van der Waals surface area (Å²) >= 11 is 2.42. The van der Waals surface area contributed by atoms with Crippen LogP contribution in [0.2, 0.25) is 0 Å². The smallest absolute Gasteiger partial charge is 0.352 e. The van der Waals surface area contributed by atoms with Crippen molar-refractivity contribution >= 4 is 59.4 Å². The predicted molar refractivity (Wildman–Crippen MR) is 131 cm³/mol. The number of hydrogen-bond donors (Lipinski definition) is 6. The minimum Gasteiger partial charge on any atom is -0.481 e. The van der Waals surface area contributed by atoms with Crippen LogP contribution in [-0.2, 0) is 30.4 Å². The first-order valence-corrected chi connectivity index (χ1v) is 12.7. The topological polar surface area (TPSA) is 221 Å². The van der Waals surface area contributed by atoms with E-state index < -0.39 is 41.2 Å². The van der Waals surface area contributed by atoms with Crippen LogP contribution in [0, 0.1) is 0 Å². The molecule has 37 heavy (non-hydrogen) atoms. The molecule has 0 radical (unpaired) electrons. The standard InChI is InChI=1S/C21H21N7O7S2/c22-14(9-1-3-11(4-2-9)23-8-29)17(32)25-15-18(33)28-16(20(34)35)10(6-36-19(15)28)7-37-21-24-12(26-27-21)5-13(30)31/h1-4,8,14-15,19H,5-7,22H2,(H,23,29)(H,25,32)(H,30,31)(H,34,35)(H,24,26,27)/t14?,15?,19-/m1/s1. The van der Waals surface area contributed by atoms with Crippen molar-refractivity contribution in [3.63, 3.8) is 0 Å². The molecule has 2 unspecified atom stereocenters. The highest BCUT2D eigenvalue weighted by Crippen LogP contribution is 2.41. The Morgan fingerprint density at radius 3 is 2.68 bits per heavy atom. The summed E-state index contributed by atoms with van der Waals surface area (Å²) in [6.07, 6.45) is 0.198. The number of carbonyl (C=O) groups is 5. The van der Waals surface area contributed by atoms with E-state index in [-0.39, 0.29) is 28.9 Å². The minimum atomic E-state index is -1.28. The Labute approximate surface area is 217 Å². The summed E-state index contributed by atoms with van der Waals surface area (Å²) in [4.78, 5) is 64.1. The van der Waals surface area contributed by atoms with Crippen LogP contribution in [0.1, 0.15) is 17.4 Å². The van der Waals surface area contributed by atoms with E-state index in [4.69, 9.17) is 10.8 Å². The maximum Gasteiger partial charge on any atom is 0.352 e. The summed E-state index contributed by atoms with van der Waals surface area (Å²) < 4.78 is 0. The maximum atomic E-state index is 12.9. The first-order chi connectivity index (χ1) is 17.7. The van der Waals surface area contributed by atoms with E-state index in [1.54, 1.807) is 24.3 Å². The average molecular weight is 548 g/mol. The number of aromatic nitrogens is 3. The molecular formula is C21H21N7O7S2. The second-order valence-corrected chi connectivity index (χ2v) is 9.99. The van der Waals surface area contributed by atoms with Gasteiger partial charge in [0.25, 0.3) is 5.91 Å². The number of fused-ring (bicyclic) bond motifs is 1. The van der Waals surface area contributed by atoms with Gasteiger partial charge in [0, 0.05) is 17.2 Å². The molecule has 0 bridgehead atoms. The molecule has 1 aromatic carbocycles. The molecule has 194 valence electrons. The van der Waals surface area contributed by atoms with E-state index >= 15 is 0 Å². The quantitative estimate of drug-likeness (QED) is 0.119. The Balaban J connectivity index is 1.40. The molecular weight excluding hydrogens is 526 g/mol. The van der Waals surface area contributed by atoms with Crippen LogP contribution < -0.4 is 16.4 Å². The fourth-order valence-corrected chi connectivity index (χ4v) is 6.06. The summed E-state index contributed by atoms with van der Waals surface area (Å²) in [5, 5.41) is 29.8. The summed E-state index contributed by atoms with van der Waals surface area (Å²) in [7, 11) is 0. The molecule has 16 heteroatoms. The molecule has 3 atom stereocenters. The van der Waals surface area contributed by atoms with E-state index in [2.05, 4.69) is 25.8 Å². The Morgan fingerprint density at radius 2 is 2.03 bits per heavy atom. The van der Waals surface area contributed by atoms with Gasteiger partial charge < -0.3 is 26.6 Å². The summed E-state index contributed by atoms with van der Waals surface area (Å²) in [6.45, 7) is 0. The zero-order valence-corrected chi connectivity index (χ0v) is 20.5. The highest BCUT2D eigenvalue weighted by atomic mass is 32.2. The van der Waals surface area contributed by atoms with Crippen LogP contribution >= 0.6 is 23.5 Å². The molecule has 1 saturated heterocycles. The van der Waals surface area contributed by atoms with Gasteiger partial charge >= 0.3 is 11.9 Å². The number of carbonyl (C=O) groups excluding carboxylic acids is 3. The van der Waals surface area contributed by atoms with Gasteiger partial charge in [-0.3, -0.25) is 29.2 Å². The van der Waals surface area contributed by atoms with E-state index in [1.807, 2.05) is 0 Å². The third kappa shape index (κ3) is 5.60. The number of nitrogens with one attached hydrogen (secondary N) is 3. The zero-order valence-electron chi connectivity index (χ0n) is 18.9. The molecule has 2 aliphatic heterocycles. The lowest BCUT2D eigenvalue weighted by molar-refractivity contribution is -0.150. The second kappa shape index (κ2) is 11.0. The number of carboxylic acid groups (broad SMARTS) is 2. The molecule has 3 heterocycles. The highest BCUT2D eigenvalue weighted by molar-refractivity contribution is 8.01. The van der Waals surface area contributed by atoms with Crippen LogP contribution in [-0.4, -0.2) is 83.4 Å². The minimum absolute atomic E-state index is 0.157. The summed E-state index contributed by atoms with van der Waals surface area (Å²) in [5.74, 6) is -2.87. The number of H-pyrrole nitrogens is 1. The SMILES string of the molecule is NC(C(=O)NC1C(=O)N2C(C(=O)O)=C(CSc3n[nH]c(CC(=O)O)n3)CS[C@H]12)c1ccc(NC=O)cc1. The molecule has 0 saturated carbocycles. The van der Waals surface area contributed by atoms with E-state index in [0.717, 1.165) is 16.7 Å². The highest BCUT2D eigenvalue weighted by Gasteiger charge is 2.54. The van der Waals surface area contributed by atoms with Gasteiger partial charge in [-0.25, -0.2) is 9.78 Å². The Bertz CT molecular complexity index is 1280. The number of benzene rings is 1. The van der Waals surface area contributed by atoms with Crippen molar-refractivity contribution in [2.24, 2.45) is 5.73 Å². The first-order valence-electron chi connectivity index (χ1n) is 10.7. The number of hydrogen-bond acceptors (Lipinski definition) is 10. The number of carboxylic acids is 2. The van der Waals surface area contributed by atoms with Crippen LogP contribution in [0.5, 0.6) is 0 Å². The third-order valence-electron chi connectivity index (χ3n) is 5.53. The molecule has 3 amide bonds. The van der Waals surface area contributed by atoms with Crippen molar-refractivity contribution in [1.29, 1.82) is 0 Å². The number of amides is 3. The van der Waals surface area contributed by atoms with Gasteiger partial charge in [-0.15, -0.1) is 16.9 Å². The van der Waals surface area contributed by atoms with Crippen molar-refractivity contribution in [1.82, 2.24) is 25.4 Å². The number of anilines is 1. The lowest BCUT2D eigenvalue weighted by Gasteiger charge is -2.49. The van der Waals surface area contributed by atoms with E-state index in [1.165, 1.54) is 11.8 Å². The number of aliphatic carboxylic acids is 2. The van der Waals surface area contributed by atoms with Gasteiger partial charge in [-0.2, -0.15) is 0 Å². The molecule has 14 nitrogen and oxygen atoms in total. The van der Waals surface area contributed by atoms with Crippen molar-refractivity contribution in [3.05, 3.63) is 46.9 Å². The number of rotatable bonds is 11. The van der Waals surface area contributed by atoms with Crippen LogP contribution in [0.3, 0.4) is 0 Å². The van der Waals surface area contributed by atoms with Crippen LogP contribution in [0.15, 0.2) is 40.7 Å². The fourth-order valence-electron chi connectivity index (χ4n) is 3.76. The largest absolute Gasteiger partial charge is 0.481 e. The van der Waals surface area contributed by atoms with Crippen molar-refractivity contribution in [2.75, 3.05) is 16.8 Å². The predicted octanol–water partition coefficient (Wildman–Crippen LogP) is -0.469. The van der Waals surface area contributed by atoms with E-state index in [0.29, 0.717) is 29.0 Å². The van der Waals surface area contributed by atoms with Crippen molar-refractivity contribution in [2.45, 2.75) is 29.0 Å². The van der Waals surface area contributed by atoms with Gasteiger partial charge in [0.1, 0.15) is 35.4 Å². The molecule has 7 N–H and O–H groups in total. The van der Waals surface area contributed by atoms with E-state index in [9.17, 15) is 29.1 Å². The van der Waals surface area contributed by atoms with Gasteiger partial charge in [0.05, 0.1) is 0 Å². The van der Waals surface area contributed by atoms with Gasteiger partial charge in [-0.1, -0.05) is 23.9 Å². The number of aromatic amines is 1. The van der Waals surface area contributed by atoms with Gasteiger partial charge in [-0.05, 0) is 23.3 Å². The average Bonchev–Trinajstić information content (AvgIpc) is 3.31. The monoisotopic (exact) mass is 547 g/mol. The lowest BCUT2D eigenvalue weighted by Crippen LogP contribution is -2.71. The maximum absolute atomic E-state index is 12.9. The van der Waals surface area contributed by atoms with Crippen LogP contribution in [0.25, 0.3) is 0 Å². The number of nitrogens with two attached hydrogens (primary N) is 1. The molecule has 2 aliphatic rings.